The Bertz CT molecular complexity index is 1230. The molecule has 0 atom stereocenters. The third kappa shape index (κ3) is 4.75. The number of alkyl halides is 3. The second-order valence-electron chi connectivity index (χ2n) is 8.90. The number of ketones is 1. The Morgan fingerprint density at radius 1 is 1.12 bits per heavy atom. The van der Waals surface area contributed by atoms with Crippen molar-refractivity contribution in [2.24, 2.45) is 0 Å². The van der Waals surface area contributed by atoms with Gasteiger partial charge in [0.05, 0.1) is 35.6 Å². The highest BCUT2D eigenvalue weighted by Gasteiger charge is 2.38. The van der Waals surface area contributed by atoms with E-state index in [0.29, 0.717) is 11.4 Å². The number of carbonyl (C=O) groups excluding carboxylic acids is 2. The fourth-order valence-electron chi connectivity index (χ4n) is 3.76. The largest absolute Gasteiger partial charge is 0.444 e. The number of aromatic nitrogens is 2. The quantitative estimate of drug-likeness (QED) is 0.505. The average molecular weight is 472 g/mol. The van der Waals surface area contributed by atoms with Crippen LogP contribution in [0.2, 0.25) is 0 Å². The molecule has 0 radical (unpaired) electrons. The van der Waals surface area contributed by atoms with Crippen molar-refractivity contribution < 1.29 is 27.5 Å². The highest BCUT2D eigenvalue weighted by atomic mass is 19.4. The molecule has 0 bridgehead atoms. The number of para-hydroxylation sites is 1. The van der Waals surface area contributed by atoms with Gasteiger partial charge in [-0.05, 0) is 39.0 Å². The molecule has 4 rings (SSSR count). The maximum Gasteiger partial charge on any atom is 0.418 e. The van der Waals surface area contributed by atoms with Crippen molar-refractivity contribution in [2.45, 2.75) is 39.1 Å². The molecule has 1 aliphatic heterocycles. The Morgan fingerprint density at radius 2 is 1.82 bits per heavy atom. The lowest BCUT2D eigenvalue weighted by atomic mass is 10.0. The predicted octanol–water partition coefficient (Wildman–Crippen LogP) is 5.77. The summed E-state index contributed by atoms with van der Waals surface area (Å²) in [5.41, 5.74) is -0.442. The molecule has 10 heteroatoms. The number of Topliss-reactive ketones (excluding diaryl/α,β-unsaturated/α-hetero) is 1. The molecule has 0 aliphatic carbocycles. The Hall–Kier alpha value is -3.82. The highest BCUT2D eigenvalue weighted by Crippen LogP contribution is 2.43. The van der Waals surface area contributed by atoms with Crippen molar-refractivity contribution in [3.63, 3.8) is 0 Å². The van der Waals surface area contributed by atoms with Gasteiger partial charge in [-0.15, -0.1) is 0 Å². The van der Waals surface area contributed by atoms with Crippen LogP contribution in [0, 0.1) is 0 Å². The van der Waals surface area contributed by atoms with Crippen LogP contribution in [0.15, 0.2) is 48.8 Å². The van der Waals surface area contributed by atoms with Gasteiger partial charge < -0.3 is 15.0 Å². The normalized spacial score (nSPS) is 14.1. The maximum atomic E-state index is 13.8. The van der Waals surface area contributed by atoms with Crippen LogP contribution in [-0.2, 0) is 17.5 Å². The lowest BCUT2D eigenvalue weighted by Crippen LogP contribution is -2.42. The lowest BCUT2D eigenvalue weighted by Gasteiger charge is -2.29. The van der Waals surface area contributed by atoms with E-state index in [9.17, 15) is 22.8 Å². The summed E-state index contributed by atoms with van der Waals surface area (Å²) in [6.45, 7) is 4.84. The van der Waals surface area contributed by atoms with E-state index in [-0.39, 0.29) is 35.6 Å². The molecule has 2 N–H and O–H groups in total. The molecular formula is C24H23F3N4O3. The molecule has 2 aromatic heterocycles. The number of aromatic amines is 1. The summed E-state index contributed by atoms with van der Waals surface area (Å²) in [5, 5.41) is 3.10. The number of ether oxygens (including phenoxy) is 1. The number of amides is 1. The third-order valence-electron chi connectivity index (χ3n) is 5.13. The smallest absolute Gasteiger partial charge is 0.418 e. The van der Waals surface area contributed by atoms with Gasteiger partial charge in [-0.2, -0.15) is 13.2 Å². The van der Waals surface area contributed by atoms with Gasteiger partial charge in [-0.25, -0.2) is 4.79 Å². The van der Waals surface area contributed by atoms with E-state index < -0.39 is 29.2 Å². The summed E-state index contributed by atoms with van der Waals surface area (Å²) in [5.74, 6) is -0.421. The van der Waals surface area contributed by atoms with E-state index in [1.807, 2.05) is 0 Å². The van der Waals surface area contributed by atoms with Crippen LogP contribution < -0.4 is 5.32 Å². The Kier molecular flexibility index (Phi) is 5.84. The van der Waals surface area contributed by atoms with Crippen LogP contribution in [0.25, 0.3) is 11.3 Å². The van der Waals surface area contributed by atoms with Crippen LogP contribution in [0.3, 0.4) is 0 Å². The van der Waals surface area contributed by atoms with Crippen LogP contribution in [0.4, 0.5) is 29.3 Å². The zero-order valence-electron chi connectivity index (χ0n) is 18.8. The zero-order chi connectivity index (χ0) is 24.7. The molecule has 34 heavy (non-hydrogen) atoms. The second-order valence-corrected chi connectivity index (χ2v) is 8.90. The van der Waals surface area contributed by atoms with Crippen LogP contribution in [-0.4, -0.2) is 38.9 Å². The molecular weight excluding hydrogens is 449 g/mol. The SMILES string of the molecule is CC(C)(C)OC(=O)N1CC(=O)c2c([nH]c(-c3ccncc3C(F)(F)F)c2Nc2ccccc2)C1. The average Bonchev–Trinajstić information content (AvgIpc) is 3.11. The first-order valence-corrected chi connectivity index (χ1v) is 10.5. The van der Waals surface area contributed by atoms with Gasteiger partial charge in [0.1, 0.15) is 5.60 Å². The number of hydrogen-bond donors (Lipinski definition) is 2. The summed E-state index contributed by atoms with van der Waals surface area (Å²) >= 11 is 0. The summed E-state index contributed by atoms with van der Waals surface area (Å²) in [6, 6.07) is 10.0. The van der Waals surface area contributed by atoms with Gasteiger partial charge >= 0.3 is 12.3 Å². The first kappa shape index (κ1) is 23.3. The number of nitrogens with one attached hydrogen (secondary N) is 2. The van der Waals surface area contributed by atoms with Gasteiger partial charge in [0.15, 0.2) is 5.78 Å². The van der Waals surface area contributed by atoms with E-state index in [0.717, 1.165) is 6.20 Å². The maximum absolute atomic E-state index is 13.8. The van der Waals surface area contributed by atoms with E-state index in [1.165, 1.54) is 17.2 Å². The molecule has 0 saturated carbocycles. The lowest BCUT2D eigenvalue weighted by molar-refractivity contribution is -0.137. The van der Waals surface area contributed by atoms with Gasteiger partial charge in [0.2, 0.25) is 0 Å². The molecule has 0 saturated heterocycles. The van der Waals surface area contributed by atoms with Crippen molar-refractivity contribution in [1.82, 2.24) is 14.9 Å². The summed E-state index contributed by atoms with van der Waals surface area (Å²) in [4.78, 5) is 33.5. The number of carbonyl (C=O) groups is 2. The van der Waals surface area contributed by atoms with Crippen molar-refractivity contribution in [1.29, 1.82) is 0 Å². The Labute approximate surface area is 193 Å². The van der Waals surface area contributed by atoms with Gasteiger partial charge in [0.25, 0.3) is 0 Å². The molecule has 178 valence electrons. The van der Waals surface area contributed by atoms with Gasteiger partial charge in [-0.3, -0.25) is 14.7 Å². The summed E-state index contributed by atoms with van der Waals surface area (Å²) in [7, 11) is 0. The number of halogens is 3. The molecule has 1 aromatic carbocycles. The van der Waals surface area contributed by atoms with Crippen molar-refractivity contribution >= 4 is 23.3 Å². The molecule has 3 heterocycles. The number of nitrogens with zero attached hydrogens (tertiary/aromatic N) is 2. The second kappa shape index (κ2) is 8.51. The number of H-pyrrole nitrogens is 1. The monoisotopic (exact) mass is 472 g/mol. The standard InChI is InChI=1S/C24H23F3N4O3/c1-23(2,3)34-22(33)31-12-17-19(18(32)13-31)21(29-14-7-5-4-6-8-14)20(30-17)15-9-10-28-11-16(15)24(25,26)27/h4-11,29-30H,12-13H2,1-3H3. The highest BCUT2D eigenvalue weighted by molar-refractivity contribution is 6.09. The molecule has 3 aromatic rings. The van der Waals surface area contributed by atoms with Crippen molar-refractivity contribution in [3.05, 3.63) is 65.6 Å². The number of anilines is 2. The van der Waals surface area contributed by atoms with E-state index >= 15 is 0 Å². The minimum Gasteiger partial charge on any atom is -0.444 e. The molecule has 1 amide bonds. The number of benzene rings is 1. The fraction of sp³-hybridized carbons (Fsp3) is 0.292. The minimum absolute atomic E-state index is 0.0219. The first-order chi connectivity index (χ1) is 15.9. The summed E-state index contributed by atoms with van der Waals surface area (Å²) in [6.07, 6.45) is -3.34. The van der Waals surface area contributed by atoms with E-state index in [1.54, 1.807) is 51.1 Å². The van der Waals surface area contributed by atoms with Gasteiger partial charge in [-0.1, -0.05) is 18.2 Å². The first-order valence-electron chi connectivity index (χ1n) is 10.5. The predicted molar refractivity (Wildman–Crippen MR) is 120 cm³/mol. The number of rotatable bonds is 3. The number of pyridine rings is 1. The molecule has 0 unspecified atom stereocenters. The van der Waals surface area contributed by atoms with Crippen LogP contribution >= 0.6 is 0 Å². The van der Waals surface area contributed by atoms with E-state index in [4.69, 9.17) is 4.74 Å². The number of hydrogen-bond acceptors (Lipinski definition) is 5. The third-order valence-corrected chi connectivity index (χ3v) is 5.13. The Balaban J connectivity index is 1.84. The fourth-order valence-corrected chi connectivity index (χ4v) is 3.76. The van der Waals surface area contributed by atoms with Crippen LogP contribution in [0.5, 0.6) is 0 Å². The van der Waals surface area contributed by atoms with Gasteiger partial charge in [0, 0.05) is 29.3 Å². The number of fused-ring (bicyclic) bond motifs is 1. The Morgan fingerprint density at radius 3 is 2.47 bits per heavy atom. The molecule has 0 spiro atoms. The van der Waals surface area contributed by atoms with Crippen molar-refractivity contribution in [3.8, 4) is 11.3 Å². The van der Waals surface area contributed by atoms with E-state index in [2.05, 4.69) is 15.3 Å². The molecule has 1 aliphatic rings. The minimum atomic E-state index is -4.66. The zero-order valence-corrected chi connectivity index (χ0v) is 18.8. The molecule has 0 fully saturated rings. The van der Waals surface area contributed by atoms with Crippen LogP contribution in [0.1, 0.15) is 42.4 Å². The molecule has 7 nitrogen and oxygen atoms in total. The summed E-state index contributed by atoms with van der Waals surface area (Å²) < 4.78 is 46.7. The topological polar surface area (TPSA) is 87.3 Å². The van der Waals surface area contributed by atoms with Crippen molar-refractivity contribution in [2.75, 3.05) is 11.9 Å².